The molecule has 3 heterocycles. The molecular weight excluding hydrogens is 441 g/mol. The largest absolute Gasteiger partial charge is 0.490 e. The predicted octanol–water partition coefficient (Wildman–Crippen LogP) is 2.99. The normalized spacial score (nSPS) is 16.2. The number of hydrogen-bond donors (Lipinski definition) is 2. The molecule has 0 amide bonds. The van der Waals surface area contributed by atoms with Crippen LogP contribution in [-0.4, -0.2) is 65.1 Å². The fraction of sp³-hybridized carbons (Fsp3) is 0.429. The van der Waals surface area contributed by atoms with E-state index in [1.807, 2.05) is 27.8 Å². The molecule has 0 aliphatic carbocycles. The molecule has 0 spiro atoms. The van der Waals surface area contributed by atoms with Gasteiger partial charge in [0.15, 0.2) is 0 Å². The lowest BCUT2D eigenvalue weighted by Gasteiger charge is -2.31. The Bertz CT molecular complexity index is 1010. The van der Waals surface area contributed by atoms with Gasteiger partial charge in [-0.15, -0.1) is 5.10 Å². The maximum atomic E-state index is 10.6. The van der Waals surface area contributed by atoms with Crippen molar-refractivity contribution in [3.8, 4) is 5.69 Å². The second kappa shape index (κ2) is 10.6. The van der Waals surface area contributed by atoms with Gasteiger partial charge in [0, 0.05) is 32.0 Å². The monoisotopic (exact) mass is 466 g/mol. The van der Waals surface area contributed by atoms with Crippen LogP contribution in [0, 0.1) is 0 Å². The number of aliphatic carboxylic acids is 1. The molecule has 1 unspecified atom stereocenters. The summed E-state index contributed by atoms with van der Waals surface area (Å²) in [6.45, 7) is 4.75. The molecule has 1 saturated heterocycles. The van der Waals surface area contributed by atoms with Crippen LogP contribution in [0.4, 0.5) is 13.2 Å². The highest BCUT2D eigenvalue weighted by Crippen LogP contribution is 2.24. The van der Waals surface area contributed by atoms with Gasteiger partial charge in [-0.3, -0.25) is 4.90 Å². The highest BCUT2D eigenvalue weighted by atomic mass is 19.4. The van der Waals surface area contributed by atoms with E-state index in [1.54, 1.807) is 13.1 Å². The Balaban J connectivity index is 0.000000383. The molecule has 9 nitrogen and oxygen atoms in total. The van der Waals surface area contributed by atoms with Crippen molar-refractivity contribution in [2.24, 2.45) is 0 Å². The average Bonchev–Trinajstić information content (AvgIpc) is 3.47. The molecule has 33 heavy (non-hydrogen) atoms. The molecule has 2 N–H and O–H groups in total. The van der Waals surface area contributed by atoms with Crippen LogP contribution < -0.4 is 0 Å². The molecule has 0 saturated carbocycles. The summed E-state index contributed by atoms with van der Waals surface area (Å²) in [6.07, 6.45) is 2.07. The lowest BCUT2D eigenvalue weighted by molar-refractivity contribution is -0.192. The van der Waals surface area contributed by atoms with Crippen LogP contribution >= 0.6 is 0 Å². The quantitative estimate of drug-likeness (QED) is 0.595. The summed E-state index contributed by atoms with van der Waals surface area (Å²) in [6, 6.07) is 10.9. The molecule has 1 aliphatic rings. The van der Waals surface area contributed by atoms with Gasteiger partial charge in [0.1, 0.15) is 5.69 Å². The minimum Gasteiger partial charge on any atom is -0.475 e. The summed E-state index contributed by atoms with van der Waals surface area (Å²) >= 11 is 0. The number of aromatic nitrogens is 5. The second-order valence-electron chi connectivity index (χ2n) is 7.73. The summed E-state index contributed by atoms with van der Waals surface area (Å²) in [4.78, 5) is 11.4. The number of piperidine rings is 1. The standard InChI is InChI=1S/C19H24N6O.C2HF3O2/c1-15(26)19-14-25(22-21-19)18-7-11-23(12-8-18)13-16-3-5-17(6-4-16)24-10-2-9-20-24;3-2(4,5)1(6)7/h2-6,9-10,14-15,18,26H,7-8,11-13H2,1H3;(H,6,7). The molecular formula is C21H25F3N6O3. The van der Waals surface area contributed by atoms with Crippen LogP contribution in [0.25, 0.3) is 5.69 Å². The summed E-state index contributed by atoms with van der Waals surface area (Å²) in [5.74, 6) is -2.76. The summed E-state index contributed by atoms with van der Waals surface area (Å²) < 4.78 is 35.5. The van der Waals surface area contributed by atoms with E-state index in [0.717, 1.165) is 38.2 Å². The molecule has 12 heteroatoms. The van der Waals surface area contributed by atoms with Crippen LogP contribution in [0.5, 0.6) is 0 Å². The molecule has 0 bridgehead atoms. The fourth-order valence-electron chi connectivity index (χ4n) is 3.44. The van der Waals surface area contributed by atoms with Crippen LogP contribution in [0.2, 0.25) is 0 Å². The molecule has 4 rings (SSSR count). The number of carbonyl (C=O) groups is 1. The van der Waals surface area contributed by atoms with Crippen molar-refractivity contribution in [2.45, 2.75) is 44.6 Å². The Morgan fingerprint density at radius 3 is 2.33 bits per heavy atom. The molecule has 3 aromatic rings. The highest BCUT2D eigenvalue weighted by Gasteiger charge is 2.38. The number of carboxylic acid groups (broad SMARTS) is 1. The van der Waals surface area contributed by atoms with Gasteiger partial charge in [0.05, 0.1) is 24.0 Å². The molecule has 1 aromatic carbocycles. The predicted molar refractivity (Wildman–Crippen MR) is 111 cm³/mol. The number of carboxylic acids is 1. The Hall–Kier alpha value is -3.25. The molecule has 2 aromatic heterocycles. The van der Waals surface area contributed by atoms with Crippen LogP contribution in [0.15, 0.2) is 48.9 Å². The third-order valence-corrected chi connectivity index (χ3v) is 5.24. The lowest BCUT2D eigenvalue weighted by atomic mass is 10.0. The van der Waals surface area contributed by atoms with Gasteiger partial charge >= 0.3 is 12.1 Å². The summed E-state index contributed by atoms with van der Waals surface area (Å²) in [5.41, 5.74) is 3.04. The number of rotatable bonds is 5. The fourth-order valence-corrected chi connectivity index (χ4v) is 3.44. The Kier molecular flexibility index (Phi) is 7.82. The third kappa shape index (κ3) is 6.86. The smallest absolute Gasteiger partial charge is 0.475 e. The Labute approximate surface area is 188 Å². The Morgan fingerprint density at radius 1 is 1.21 bits per heavy atom. The zero-order valence-corrected chi connectivity index (χ0v) is 17.9. The number of halogens is 3. The van der Waals surface area contributed by atoms with Gasteiger partial charge in [-0.25, -0.2) is 14.2 Å². The first kappa shape index (κ1) is 24.4. The first-order chi connectivity index (χ1) is 15.6. The minimum atomic E-state index is -5.08. The van der Waals surface area contributed by atoms with Gasteiger partial charge in [-0.2, -0.15) is 18.3 Å². The molecule has 0 radical (unpaired) electrons. The number of alkyl halides is 3. The van der Waals surface area contributed by atoms with Crippen molar-refractivity contribution < 1.29 is 28.2 Å². The Morgan fingerprint density at radius 2 is 1.85 bits per heavy atom. The molecule has 178 valence electrons. The summed E-state index contributed by atoms with van der Waals surface area (Å²) in [7, 11) is 0. The van der Waals surface area contributed by atoms with Gasteiger partial charge < -0.3 is 10.2 Å². The van der Waals surface area contributed by atoms with Crippen molar-refractivity contribution in [1.82, 2.24) is 29.7 Å². The first-order valence-corrected chi connectivity index (χ1v) is 10.3. The van der Waals surface area contributed by atoms with E-state index >= 15 is 0 Å². The zero-order valence-electron chi connectivity index (χ0n) is 17.9. The van der Waals surface area contributed by atoms with Gasteiger partial charge in [-0.1, -0.05) is 17.3 Å². The van der Waals surface area contributed by atoms with E-state index < -0.39 is 18.2 Å². The van der Waals surface area contributed by atoms with E-state index in [4.69, 9.17) is 9.90 Å². The number of benzene rings is 1. The van der Waals surface area contributed by atoms with E-state index in [0.29, 0.717) is 11.7 Å². The lowest BCUT2D eigenvalue weighted by Crippen LogP contribution is -2.34. The van der Waals surface area contributed by atoms with Crippen molar-refractivity contribution in [2.75, 3.05) is 13.1 Å². The maximum Gasteiger partial charge on any atom is 0.490 e. The van der Waals surface area contributed by atoms with Crippen molar-refractivity contribution in [3.63, 3.8) is 0 Å². The first-order valence-electron chi connectivity index (χ1n) is 10.3. The van der Waals surface area contributed by atoms with Crippen molar-refractivity contribution >= 4 is 5.97 Å². The van der Waals surface area contributed by atoms with Crippen molar-refractivity contribution in [1.29, 1.82) is 0 Å². The zero-order chi connectivity index (χ0) is 24.0. The number of aliphatic hydroxyl groups is 1. The molecule has 1 aliphatic heterocycles. The third-order valence-electron chi connectivity index (χ3n) is 5.24. The van der Waals surface area contributed by atoms with Gasteiger partial charge in [0.25, 0.3) is 0 Å². The van der Waals surface area contributed by atoms with Crippen LogP contribution in [-0.2, 0) is 11.3 Å². The van der Waals surface area contributed by atoms with Gasteiger partial charge in [0.2, 0.25) is 0 Å². The second-order valence-corrected chi connectivity index (χ2v) is 7.73. The number of nitrogens with zero attached hydrogens (tertiary/aromatic N) is 6. The average molecular weight is 466 g/mol. The van der Waals surface area contributed by atoms with E-state index in [2.05, 4.69) is 44.6 Å². The maximum absolute atomic E-state index is 10.6. The van der Waals surface area contributed by atoms with E-state index in [-0.39, 0.29) is 0 Å². The number of likely N-dealkylation sites (tertiary alicyclic amines) is 1. The summed E-state index contributed by atoms with van der Waals surface area (Å²) in [5, 5.41) is 29.2. The van der Waals surface area contributed by atoms with Gasteiger partial charge in [-0.05, 0) is 43.5 Å². The van der Waals surface area contributed by atoms with Crippen LogP contribution in [0.1, 0.15) is 43.2 Å². The highest BCUT2D eigenvalue weighted by molar-refractivity contribution is 5.73. The van der Waals surface area contributed by atoms with Crippen molar-refractivity contribution in [3.05, 3.63) is 60.2 Å². The number of aliphatic hydroxyl groups excluding tert-OH is 1. The molecule has 1 atom stereocenters. The van der Waals surface area contributed by atoms with E-state index in [9.17, 15) is 18.3 Å². The SMILES string of the molecule is CC(O)c1cn(C2CCN(Cc3ccc(-n4cccn4)cc3)CC2)nn1.O=C(O)C(F)(F)F. The van der Waals surface area contributed by atoms with Crippen LogP contribution in [0.3, 0.4) is 0 Å². The van der Waals surface area contributed by atoms with E-state index in [1.165, 1.54) is 5.56 Å². The molecule has 1 fully saturated rings. The number of hydrogen-bond acceptors (Lipinski definition) is 6. The topological polar surface area (TPSA) is 109 Å². The minimum absolute atomic E-state index is 0.369.